The molecule has 0 aliphatic heterocycles. The van der Waals surface area contributed by atoms with E-state index < -0.39 is 6.04 Å². The molecule has 19 heavy (non-hydrogen) atoms. The molecule has 0 aromatic heterocycles. The molecule has 0 bridgehead atoms. The van der Waals surface area contributed by atoms with Crippen molar-refractivity contribution < 1.29 is 9.59 Å². The number of nitrogens with one attached hydrogen (secondary N) is 2. The second-order valence-corrected chi connectivity index (χ2v) is 5.50. The SMILES string of the molecule is CCNC(=O)C(C)NC(=O)CCC1CCC(N)CC1. The second-order valence-electron chi connectivity index (χ2n) is 5.50. The third-order valence-electron chi connectivity index (χ3n) is 3.79. The summed E-state index contributed by atoms with van der Waals surface area (Å²) in [5.74, 6) is 0.457. The molecule has 0 spiro atoms. The van der Waals surface area contributed by atoms with Crippen molar-refractivity contribution in [2.24, 2.45) is 11.7 Å². The highest BCUT2D eigenvalue weighted by Gasteiger charge is 2.20. The minimum Gasteiger partial charge on any atom is -0.355 e. The van der Waals surface area contributed by atoms with Crippen molar-refractivity contribution >= 4 is 11.8 Å². The van der Waals surface area contributed by atoms with Crippen LogP contribution in [0.3, 0.4) is 0 Å². The Labute approximate surface area is 115 Å². The van der Waals surface area contributed by atoms with Crippen LogP contribution in [0.4, 0.5) is 0 Å². The van der Waals surface area contributed by atoms with E-state index in [2.05, 4.69) is 10.6 Å². The molecule has 2 amide bonds. The predicted molar refractivity (Wildman–Crippen MR) is 75.5 cm³/mol. The number of hydrogen-bond donors (Lipinski definition) is 3. The predicted octanol–water partition coefficient (Wildman–Crippen LogP) is 0.925. The maximum Gasteiger partial charge on any atom is 0.242 e. The minimum absolute atomic E-state index is 0.0337. The Morgan fingerprint density at radius 2 is 1.89 bits per heavy atom. The van der Waals surface area contributed by atoms with Gasteiger partial charge in [-0.25, -0.2) is 0 Å². The molecule has 1 fully saturated rings. The zero-order chi connectivity index (χ0) is 14.3. The van der Waals surface area contributed by atoms with Gasteiger partial charge in [0.15, 0.2) is 0 Å². The first-order valence-corrected chi connectivity index (χ1v) is 7.35. The average Bonchev–Trinajstić information content (AvgIpc) is 2.38. The van der Waals surface area contributed by atoms with Crippen molar-refractivity contribution in [1.29, 1.82) is 0 Å². The lowest BCUT2D eigenvalue weighted by Crippen LogP contribution is -2.44. The maximum absolute atomic E-state index is 11.8. The summed E-state index contributed by atoms with van der Waals surface area (Å²) in [6, 6.07) is -0.102. The number of carbonyl (C=O) groups is 2. The van der Waals surface area contributed by atoms with Crippen LogP contribution < -0.4 is 16.4 Å². The van der Waals surface area contributed by atoms with E-state index in [0.717, 1.165) is 32.1 Å². The quantitative estimate of drug-likeness (QED) is 0.670. The lowest BCUT2D eigenvalue weighted by Gasteiger charge is -2.25. The van der Waals surface area contributed by atoms with Gasteiger partial charge in [0.25, 0.3) is 0 Å². The van der Waals surface area contributed by atoms with Gasteiger partial charge in [-0.1, -0.05) is 0 Å². The summed E-state index contributed by atoms with van der Waals surface area (Å²) >= 11 is 0. The van der Waals surface area contributed by atoms with E-state index in [1.165, 1.54) is 0 Å². The monoisotopic (exact) mass is 269 g/mol. The lowest BCUT2D eigenvalue weighted by molar-refractivity contribution is -0.128. The molecular formula is C14H27N3O2. The van der Waals surface area contributed by atoms with Crippen molar-refractivity contribution in [3.05, 3.63) is 0 Å². The average molecular weight is 269 g/mol. The Balaban J connectivity index is 2.18. The van der Waals surface area contributed by atoms with Crippen molar-refractivity contribution in [2.45, 2.75) is 64.5 Å². The van der Waals surface area contributed by atoms with Gasteiger partial charge in [-0.2, -0.15) is 0 Å². The van der Waals surface area contributed by atoms with Gasteiger partial charge in [0.2, 0.25) is 11.8 Å². The molecule has 4 N–H and O–H groups in total. The zero-order valence-corrected chi connectivity index (χ0v) is 12.1. The zero-order valence-electron chi connectivity index (χ0n) is 12.1. The fraction of sp³-hybridized carbons (Fsp3) is 0.857. The van der Waals surface area contributed by atoms with Crippen LogP contribution in [-0.4, -0.2) is 30.4 Å². The van der Waals surface area contributed by atoms with E-state index in [0.29, 0.717) is 24.9 Å². The number of hydrogen-bond acceptors (Lipinski definition) is 3. The first-order valence-electron chi connectivity index (χ1n) is 7.35. The summed E-state index contributed by atoms with van der Waals surface area (Å²) < 4.78 is 0. The van der Waals surface area contributed by atoms with Gasteiger partial charge in [0.1, 0.15) is 6.04 Å². The molecule has 0 aromatic rings. The number of nitrogens with two attached hydrogens (primary N) is 1. The molecule has 5 nitrogen and oxygen atoms in total. The second kappa shape index (κ2) is 8.15. The van der Waals surface area contributed by atoms with Crippen LogP contribution in [0.15, 0.2) is 0 Å². The number of rotatable bonds is 6. The smallest absolute Gasteiger partial charge is 0.242 e. The van der Waals surface area contributed by atoms with Crippen LogP contribution in [0.1, 0.15) is 52.4 Å². The van der Waals surface area contributed by atoms with Gasteiger partial charge in [0, 0.05) is 19.0 Å². The number of likely N-dealkylation sites (N-methyl/N-ethyl adjacent to an activating group) is 1. The molecule has 1 saturated carbocycles. The van der Waals surface area contributed by atoms with Gasteiger partial charge in [0.05, 0.1) is 0 Å². The summed E-state index contributed by atoms with van der Waals surface area (Å²) in [4.78, 5) is 23.2. The highest BCUT2D eigenvalue weighted by atomic mass is 16.2. The molecule has 0 heterocycles. The third-order valence-corrected chi connectivity index (χ3v) is 3.79. The van der Waals surface area contributed by atoms with E-state index in [-0.39, 0.29) is 11.8 Å². The molecule has 5 heteroatoms. The molecule has 0 aromatic carbocycles. The van der Waals surface area contributed by atoms with Crippen LogP contribution in [0, 0.1) is 5.92 Å². The summed E-state index contributed by atoms with van der Waals surface area (Å²) in [5, 5.41) is 5.43. The van der Waals surface area contributed by atoms with Crippen LogP contribution in [0.2, 0.25) is 0 Å². The topological polar surface area (TPSA) is 84.2 Å². The van der Waals surface area contributed by atoms with Crippen LogP contribution >= 0.6 is 0 Å². The largest absolute Gasteiger partial charge is 0.355 e. The highest BCUT2D eigenvalue weighted by molar-refractivity contribution is 5.87. The molecule has 1 aliphatic rings. The van der Waals surface area contributed by atoms with Crippen molar-refractivity contribution in [3.8, 4) is 0 Å². The third kappa shape index (κ3) is 6.05. The van der Waals surface area contributed by atoms with E-state index in [1.54, 1.807) is 6.92 Å². The Hall–Kier alpha value is -1.10. The van der Waals surface area contributed by atoms with E-state index in [4.69, 9.17) is 5.73 Å². The van der Waals surface area contributed by atoms with Gasteiger partial charge in [-0.3, -0.25) is 9.59 Å². The fourth-order valence-electron chi connectivity index (χ4n) is 2.52. The van der Waals surface area contributed by atoms with E-state index in [1.807, 2.05) is 6.92 Å². The molecule has 0 saturated heterocycles. The van der Waals surface area contributed by atoms with E-state index in [9.17, 15) is 9.59 Å². The molecule has 1 rings (SSSR count). The molecule has 1 unspecified atom stereocenters. The molecule has 1 atom stereocenters. The Bertz CT molecular complexity index is 299. The summed E-state index contributed by atoms with van der Waals surface area (Å²) in [5.41, 5.74) is 5.86. The van der Waals surface area contributed by atoms with Gasteiger partial charge < -0.3 is 16.4 Å². The van der Waals surface area contributed by atoms with Crippen molar-refractivity contribution in [3.63, 3.8) is 0 Å². The minimum atomic E-state index is -0.452. The lowest BCUT2D eigenvalue weighted by atomic mass is 9.84. The van der Waals surface area contributed by atoms with Crippen molar-refractivity contribution in [1.82, 2.24) is 10.6 Å². The van der Waals surface area contributed by atoms with Crippen LogP contribution in [-0.2, 0) is 9.59 Å². The Morgan fingerprint density at radius 3 is 2.47 bits per heavy atom. The van der Waals surface area contributed by atoms with Gasteiger partial charge in [-0.05, 0) is 51.9 Å². The summed E-state index contributed by atoms with van der Waals surface area (Å²) in [6.45, 7) is 4.16. The summed E-state index contributed by atoms with van der Waals surface area (Å²) in [7, 11) is 0. The maximum atomic E-state index is 11.8. The van der Waals surface area contributed by atoms with Gasteiger partial charge in [-0.15, -0.1) is 0 Å². The van der Waals surface area contributed by atoms with E-state index >= 15 is 0 Å². The highest BCUT2D eigenvalue weighted by Crippen LogP contribution is 2.26. The normalized spacial score (nSPS) is 24.6. The first-order chi connectivity index (χ1) is 9.02. The molecular weight excluding hydrogens is 242 g/mol. The van der Waals surface area contributed by atoms with Crippen molar-refractivity contribution in [2.75, 3.05) is 6.54 Å². The summed E-state index contributed by atoms with van der Waals surface area (Å²) in [6.07, 6.45) is 5.80. The van der Waals surface area contributed by atoms with Crippen LogP contribution in [0.25, 0.3) is 0 Å². The standard InChI is InChI=1S/C14H27N3O2/c1-3-16-14(19)10(2)17-13(18)9-6-11-4-7-12(15)8-5-11/h10-12H,3-9,15H2,1-2H3,(H,16,19)(H,17,18). The number of carbonyl (C=O) groups excluding carboxylic acids is 2. The number of amides is 2. The van der Waals surface area contributed by atoms with Crippen LogP contribution in [0.5, 0.6) is 0 Å². The fourth-order valence-corrected chi connectivity index (χ4v) is 2.52. The molecule has 1 aliphatic carbocycles. The van der Waals surface area contributed by atoms with Gasteiger partial charge >= 0.3 is 0 Å². The first kappa shape index (κ1) is 16.0. The Kier molecular flexibility index (Phi) is 6.84. The Morgan fingerprint density at radius 1 is 1.26 bits per heavy atom. The molecule has 110 valence electrons. The molecule has 0 radical (unpaired) electrons.